The molecule has 3 rings (SSSR count). The standard InChI is InChI=1S/C15H13N5O/c1-11-4-5-13(20-8-7-17-10-20)19-14(11)15(21)18-12-3-2-6-16-9-12/h2-10H,1H3,(H,18,21). The largest absolute Gasteiger partial charge is 0.319 e. The van der Waals surface area contributed by atoms with E-state index >= 15 is 0 Å². The van der Waals surface area contributed by atoms with Crippen LogP contribution in [0, 0.1) is 6.92 Å². The van der Waals surface area contributed by atoms with Gasteiger partial charge in [0.15, 0.2) is 0 Å². The summed E-state index contributed by atoms with van der Waals surface area (Å²) in [6, 6.07) is 7.25. The normalized spacial score (nSPS) is 10.3. The molecule has 6 nitrogen and oxygen atoms in total. The van der Waals surface area contributed by atoms with Crippen molar-refractivity contribution in [1.29, 1.82) is 0 Å². The molecule has 0 aliphatic carbocycles. The molecule has 0 aliphatic heterocycles. The van der Waals surface area contributed by atoms with Crippen LogP contribution in [-0.2, 0) is 0 Å². The maximum Gasteiger partial charge on any atom is 0.274 e. The molecule has 0 saturated heterocycles. The van der Waals surface area contributed by atoms with E-state index in [1.54, 1.807) is 47.8 Å². The Kier molecular flexibility index (Phi) is 3.42. The Hall–Kier alpha value is -3.02. The molecule has 0 radical (unpaired) electrons. The number of imidazole rings is 1. The summed E-state index contributed by atoms with van der Waals surface area (Å²) in [5.74, 6) is 0.386. The number of aryl methyl sites for hydroxylation is 1. The Bertz CT molecular complexity index is 753. The summed E-state index contributed by atoms with van der Waals surface area (Å²) >= 11 is 0. The Morgan fingerprint density at radius 1 is 1.19 bits per heavy atom. The topological polar surface area (TPSA) is 72.7 Å². The van der Waals surface area contributed by atoms with E-state index in [2.05, 4.69) is 20.3 Å². The van der Waals surface area contributed by atoms with Gasteiger partial charge in [-0.25, -0.2) is 9.97 Å². The molecule has 1 amide bonds. The molecule has 0 spiro atoms. The fourth-order valence-electron chi connectivity index (χ4n) is 1.91. The fourth-order valence-corrected chi connectivity index (χ4v) is 1.91. The van der Waals surface area contributed by atoms with Crippen LogP contribution in [0.25, 0.3) is 5.82 Å². The van der Waals surface area contributed by atoms with Crippen LogP contribution in [0.5, 0.6) is 0 Å². The molecule has 3 aromatic rings. The third kappa shape index (κ3) is 2.79. The molecule has 0 aliphatic rings. The molecule has 0 unspecified atom stereocenters. The third-order valence-electron chi connectivity index (χ3n) is 2.99. The van der Waals surface area contributed by atoms with E-state index in [9.17, 15) is 4.79 Å². The molecule has 3 aromatic heterocycles. The SMILES string of the molecule is Cc1ccc(-n2ccnc2)nc1C(=O)Nc1cccnc1. The van der Waals surface area contributed by atoms with Gasteiger partial charge in [0.2, 0.25) is 0 Å². The molecular weight excluding hydrogens is 266 g/mol. The van der Waals surface area contributed by atoms with E-state index in [1.807, 2.05) is 19.1 Å². The van der Waals surface area contributed by atoms with Gasteiger partial charge in [-0.1, -0.05) is 6.07 Å². The van der Waals surface area contributed by atoms with Crippen molar-refractivity contribution in [2.24, 2.45) is 0 Å². The minimum atomic E-state index is -0.262. The van der Waals surface area contributed by atoms with Crippen molar-refractivity contribution in [1.82, 2.24) is 19.5 Å². The van der Waals surface area contributed by atoms with Gasteiger partial charge < -0.3 is 5.32 Å². The van der Waals surface area contributed by atoms with Gasteiger partial charge in [0.25, 0.3) is 5.91 Å². The molecule has 6 heteroatoms. The summed E-state index contributed by atoms with van der Waals surface area (Å²) in [5.41, 5.74) is 1.82. The zero-order valence-electron chi connectivity index (χ0n) is 11.4. The van der Waals surface area contributed by atoms with Gasteiger partial charge in [-0.15, -0.1) is 0 Å². The lowest BCUT2D eigenvalue weighted by atomic mass is 10.2. The van der Waals surface area contributed by atoms with Crippen molar-refractivity contribution < 1.29 is 4.79 Å². The highest BCUT2D eigenvalue weighted by Crippen LogP contribution is 2.12. The Labute approximate surface area is 121 Å². The van der Waals surface area contributed by atoms with Crippen molar-refractivity contribution in [2.45, 2.75) is 6.92 Å². The van der Waals surface area contributed by atoms with Gasteiger partial charge >= 0.3 is 0 Å². The van der Waals surface area contributed by atoms with Crippen LogP contribution in [0.3, 0.4) is 0 Å². The van der Waals surface area contributed by atoms with Crippen molar-refractivity contribution in [3.05, 3.63) is 66.6 Å². The lowest BCUT2D eigenvalue weighted by molar-refractivity contribution is 0.102. The van der Waals surface area contributed by atoms with E-state index in [0.29, 0.717) is 17.2 Å². The highest BCUT2D eigenvalue weighted by atomic mass is 16.1. The number of hydrogen-bond acceptors (Lipinski definition) is 4. The monoisotopic (exact) mass is 279 g/mol. The Balaban J connectivity index is 1.91. The first-order valence-corrected chi connectivity index (χ1v) is 6.41. The number of hydrogen-bond donors (Lipinski definition) is 1. The number of carbonyl (C=O) groups excluding carboxylic acids is 1. The van der Waals surface area contributed by atoms with E-state index < -0.39 is 0 Å². The zero-order chi connectivity index (χ0) is 14.7. The molecule has 104 valence electrons. The number of carbonyl (C=O) groups is 1. The second-order valence-electron chi connectivity index (χ2n) is 4.50. The second kappa shape index (κ2) is 5.54. The van der Waals surface area contributed by atoms with E-state index in [0.717, 1.165) is 5.56 Å². The fraction of sp³-hybridized carbons (Fsp3) is 0.0667. The average Bonchev–Trinajstić information content (AvgIpc) is 3.03. The van der Waals surface area contributed by atoms with Crippen LogP contribution in [0.1, 0.15) is 16.1 Å². The minimum absolute atomic E-state index is 0.262. The van der Waals surface area contributed by atoms with Gasteiger partial charge in [0, 0.05) is 18.6 Å². The van der Waals surface area contributed by atoms with Crippen LogP contribution in [-0.4, -0.2) is 25.4 Å². The number of anilines is 1. The highest BCUT2D eigenvalue weighted by Gasteiger charge is 2.12. The van der Waals surface area contributed by atoms with Gasteiger partial charge in [-0.05, 0) is 30.7 Å². The van der Waals surface area contributed by atoms with Crippen molar-refractivity contribution in [3.8, 4) is 5.82 Å². The molecule has 0 fully saturated rings. The number of nitrogens with zero attached hydrogens (tertiary/aromatic N) is 4. The van der Waals surface area contributed by atoms with Gasteiger partial charge in [-0.3, -0.25) is 14.3 Å². The Morgan fingerprint density at radius 2 is 2.10 bits per heavy atom. The Morgan fingerprint density at radius 3 is 2.81 bits per heavy atom. The van der Waals surface area contributed by atoms with Gasteiger partial charge in [-0.2, -0.15) is 0 Å². The smallest absolute Gasteiger partial charge is 0.274 e. The predicted molar refractivity (Wildman–Crippen MR) is 78.3 cm³/mol. The first-order chi connectivity index (χ1) is 10.2. The summed E-state index contributed by atoms with van der Waals surface area (Å²) < 4.78 is 1.75. The van der Waals surface area contributed by atoms with E-state index in [4.69, 9.17) is 0 Å². The molecule has 0 aromatic carbocycles. The molecular formula is C15H13N5O. The van der Waals surface area contributed by atoms with Crippen LogP contribution in [0.2, 0.25) is 0 Å². The first-order valence-electron chi connectivity index (χ1n) is 6.41. The van der Waals surface area contributed by atoms with Crippen molar-refractivity contribution in [3.63, 3.8) is 0 Å². The number of nitrogens with one attached hydrogen (secondary N) is 1. The molecule has 21 heavy (non-hydrogen) atoms. The van der Waals surface area contributed by atoms with Gasteiger partial charge in [0.05, 0.1) is 11.9 Å². The zero-order valence-corrected chi connectivity index (χ0v) is 11.4. The molecule has 0 atom stereocenters. The second-order valence-corrected chi connectivity index (χ2v) is 4.50. The van der Waals surface area contributed by atoms with Crippen LogP contribution >= 0.6 is 0 Å². The number of aromatic nitrogens is 4. The van der Waals surface area contributed by atoms with E-state index in [-0.39, 0.29) is 5.91 Å². The summed E-state index contributed by atoms with van der Waals surface area (Å²) in [5, 5.41) is 2.78. The average molecular weight is 279 g/mol. The summed E-state index contributed by atoms with van der Waals surface area (Å²) in [6.45, 7) is 1.85. The maximum absolute atomic E-state index is 12.3. The van der Waals surface area contributed by atoms with Gasteiger partial charge in [0.1, 0.15) is 17.8 Å². The molecule has 3 heterocycles. The van der Waals surface area contributed by atoms with Crippen LogP contribution in [0.15, 0.2) is 55.4 Å². The molecule has 0 saturated carbocycles. The summed E-state index contributed by atoms with van der Waals surface area (Å²) in [6.07, 6.45) is 8.32. The third-order valence-corrected chi connectivity index (χ3v) is 2.99. The lowest BCUT2D eigenvalue weighted by Crippen LogP contribution is -2.16. The van der Waals surface area contributed by atoms with Crippen molar-refractivity contribution >= 4 is 11.6 Å². The van der Waals surface area contributed by atoms with Crippen LogP contribution in [0.4, 0.5) is 5.69 Å². The quantitative estimate of drug-likeness (QED) is 0.798. The lowest BCUT2D eigenvalue weighted by Gasteiger charge is -2.09. The van der Waals surface area contributed by atoms with E-state index in [1.165, 1.54) is 0 Å². The maximum atomic E-state index is 12.3. The highest BCUT2D eigenvalue weighted by molar-refractivity contribution is 6.03. The number of rotatable bonds is 3. The predicted octanol–water partition coefficient (Wildman–Crippen LogP) is 2.22. The summed E-state index contributed by atoms with van der Waals surface area (Å²) in [7, 11) is 0. The number of pyridine rings is 2. The molecule has 1 N–H and O–H groups in total. The first kappa shape index (κ1) is 13.0. The minimum Gasteiger partial charge on any atom is -0.319 e. The summed E-state index contributed by atoms with van der Waals surface area (Å²) in [4.78, 5) is 24.7. The van der Waals surface area contributed by atoms with Crippen molar-refractivity contribution in [2.75, 3.05) is 5.32 Å². The molecule has 0 bridgehead atoms. The van der Waals surface area contributed by atoms with Crippen LogP contribution < -0.4 is 5.32 Å². The number of amides is 1.